The summed E-state index contributed by atoms with van der Waals surface area (Å²) >= 11 is 0. The second-order valence-electron chi connectivity index (χ2n) is 7.95. The van der Waals surface area contributed by atoms with Crippen molar-refractivity contribution in [1.82, 2.24) is 10.3 Å². The lowest BCUT2D eigenvalue weighted by Crippen LogP contribution is -2.47. The van der Waals surface area contributed by atoms with Crippen LogP contribution in [0.3, 0.4) is 0 Å². The average molecular weight is 397 g/mol. The number of carbonyl (C=O) groups is 1. The number of alkyl halides is 1. The maximum Gasteiger partial charge on any atom is 0.253 e. The Morgan fingerprint density at radius 1 is 1.31 bits per heavy atom. The van der Waals surface area contributed by atoms with E-state index in [-0.39, 0.29) is 12.5 Å². The Morgan fingerprint density at radius 3 is 3.07 bits per heavy atom. The van der Waals surface area contributed by atoms with Crippen LogP contribution in [0.2, 0.25) is 0 Å². The Hall–Kier alpha value is -2.67. The number of piperidine rings is 1. The summed E-state index contributed by atoms with van der Waals surface area (Å²) in [6.45, 7) is 4.57. The van der Waals surface area contributed by atoms with E-state index in [4.69, 9.17) is 9.47 Å². The molecule has 3 aliphatic heterocycles. The van der Waals surface area contributed by atoms with E-state index in [0.717, 1.165) is 35.7 Å². The SMILES string of the molecule is Cc1cc2c(nc1N1CCC(Oc3ccc4c(c3)COCC4)C(F)C1)CNC2=O. The summed E-state index contributed by atoms with van der Waals surface area (Å²) in [6, 6.07) is 7.82. The fraction of sp³-hybridized carbons (Fsp3) is 0.455. The Bertz CT molecular complexity index is 965. The van der Waals surface area contributed by atoms with E-state index in [0.29, 0.717) is 37.4 Å². The molecule has 0 spiro atoms. The zero-order valence-electron chi connectivity index (χ0n) is 16.4. The molecule has 2 atom stereocenters. The van der Waals surface area contributed by atoms with Gasteiger partial charge in [-0.25, -0.2) is 9.37 Å². The molecular weight excluding hydrogens is 373 g/mol. The van der Waals surface area contributed by atoms with Crippen molar-refractivity contribution < 1.29 is 18.7 Å². The number of nitrogens with zero attached hydrogens (tertiary/aromatic N) is 2. The second kappa shape index (κ2) is 7.30. The standard InChI is InChI=1S/C22H24FN3O3/c1-13-8-17-19(10-24-22(17)27)25-21(13)26-6-4-20(18(23)11-26)29-16-3-2-14-5-7-28-12-15(14)9-16/h2-3,8-9,18,20H,4-7,10-12H2,1H3,(H,24,27). The number of pyridine rings is 1. The van der Waals surface area contributed by atoms with Crippen LogP contribution in [0.25, 0.3) is 0 Å². The summed E-state index contributed by atoms with van der Waals surface area (Å²) in [5.74, 6) is 1.37. The minimum Gasteiger partial charge on any atom is -0.487 e. The van der Waals surface area contributed by atoms with Gasteiger partial charge in [-0.3, -0.25) is 4.79 Å². The number of amides is 1. The second-order valence-corrected chi connectivity index (χ2v) is 7.95. The molecule has 1 N–H and O–H groups in total. The number of aromatic nitrogens is 1. The van der Waals surface area contributed by atoms with E-state index < -0.39 is 12.3 Å². The third-order valence-corrected chi connectivity index (χ3v) is 5.95. The van der Waals surface area contributed by atoms with Crippen molar-refractivity contribution in [3.05, 3.63) is 52.2 Å². The molecule has 2 aromatic rings. The molecule has 0 aliphatic carbocycles. The van der Waals surface area contributed by atoms with E-state index in [1.165, 1.54) is 5.56 Å². The third-order valence-electron chi connectivity index (χ3n) is 5.95. The van der Waals surface area contributed by atoms with Crippen LogP contribution in [0.15, 0.2) is 24.3 Å². The van der Waals surface area contributed by atoms with Crippen molar-refractivity contribution in [2.24, 2.45) is 0 Å². The molecule has 5 rings (SSSR count). The molecule has 152 valence electrons. The molecule has 7 heteroatoms. The van der Waals surface area contributed by atoms with Gasteiger partial charge in [0.05, 0.1) is 37.6 Å². The Labute approximate surface area is 169 Å². The van der Waals surface area contributed by atoms with E-state index >= 15 is 0 Å². The van der Waals surface area contributed by atoms with Gasteiger partial charge in [-0.15, -0.1) is 0 Å². The fourth-order valence-electron chi connectivity index (χ4n) is 4.35. The first-order valence-corrected chi connectivity index (χ1v) is 10.1. The number of ether oxygens (including phenoxy) is 2. The van der Waals surface area contributed by atoms with Crippen LogP contribution in [0.4, 0.5) is 10.2 Å². The average Bonchev–Trinajstić information content (AvgIpc) is 3.08. The molecule has 29 heavy (non-hydrogen) atoms. The number of nitrogens with one attached hydrogen (secondary N) is 1. The molecule has 0 saturated carbocycles. The van der Waals surface area contributed by atoms with Gasteiger partial charge in [0, 0.05) is 13.0 Å². The highest BCUT2D eigenvalue weighted by molar-refractivity contribution is 5.98. The van der Waals surface area contributed by atoms with Crippen molar-refractivity contribution in [1.29, 1.82) is 0 Å². The number of carbonyl (C=O) groups excluding carboxylic acids is 1. The first-order chi connectivity index (χ1) is 14.1. The van der Waals surface area contributed by atoms with Crippen LogP contribution in [-0.2, 0) is 24.3 Å². The predicted octanol–water partition coefficient (Wildman–Crippen LogP) is 2.70. The van der Waals surface area contributed by atoms with Crippen molar-refractivity contribution in [3.8, 4) is 5.75 Å². The van der Waals surface area contributed by atoms with Crippen molar-refractivity contribution in [3.63, 3.8) is 0 Å². The lowest BCUT2D eigenvalue weighted by atomic mass is 10.0. The first-order valence-electron chi connectivity index (χ1n) is 10.1. The molecule has 1 aromatic carbocycles. The summed E-state index contributed by atoms with van der Waals surface area (Å²) < 4.78 is 26.5. The lowest BCUT2D eigenvalue weighted by molar-refractivity contribution is 0.0806. The summed E-state index contributed by atoms with van der Waals surface area (Å²) in [5.41, 5.74) is 4.66. The Balaban J connectivity index is 1.28. The maximum absolute atomic E-state index is 15.0. The molecule has 1 fully saturated rings. The number of aryl methyl sites for hydroxylation is 1. The van der Waals surface area contributed by atoms with Gasteiger partial charge in [-0.2, -0.15) is 0 Å². The Morgan fingerprint density at radius 2 is 2.21 bits per heavy atom. The van der Waals surface area contributed by atoms with Crippen LogP contribution < -0.4 is 15.0 Å². The van der Waals surface area contributed by atoms with Gasteiger partial charge in [0.2, 0.25) is 0 Å². The normalized spacial score (nSPS) is 23.4. The lowest BCUT2D eigenvalue weighted by Gasteiger charge is -2.36. The largest absolute Gasteiger partial charge is 0.487 e. The van der Waals surface area contributed by atoms with Gasteiger partial charge in [0.15, 0.2) is 6.17 Å². The van der Waals surface area contributed by atoms with E-state index in [2.05, 4.69) is 16.4 Å². The topological polar surface area (TPSA) is 63.7 Å². The smallest absolute Gasteiger partial charge is 0.253 e. The molecule has 4 heterocycles. The van der Waals surface area contributed by atoms with Crippen molar-refractivity contribution in [2.45, 2.75) is 45.2 Å². The molecule has 3 aliphatic rings. The van der Waals surface area contributed by atoms with E-state index in [9.17, 15) is 9.18 Å². The van der Waals surface area contributed by atoms with Crippen molar-refractivity contribution >= 4 is 11.7 Å². The Kier molecular flexibility index (Phi) is 4.62. The summed E-state index contributed by atoms with van der Waals surface area (Å²) in [5, 5.41) is 2.78. The molecule has 1 aromatic heterocycles. The molecule has 6 nitrogen and oxygen atoms in total. The van der Waals surface area contributed by atoms with Crippen LogP contribution in [0, 0.1) is 6.92 Å². The van der Waals surface area contributed by atoms with Gasteiger partial charge in [0.25, 0.3) is 5.91 Å². The number of hydrogen-bond acceptors (Lipinski definition) is 5. The minimum atomic E-state index is -1.12. The number of rotatable bonds is 3. The highest BCUT2D eigenvalue weighted by Gasteiger charge is 2.33. The van der Waals surface area contributed by atoms with E-state index in [1.807, 2.05) is 30.0 Å². The zero-order valence-corrected chi connectivity index (χ0v) is 16.4. The maximum atomic E-state index is 15.0. The molecular formula is C22H24FN3O3. The predicted molar refractivity (Wildman–Crippen MR) is 106 cm³/mol. The number of benzene rings is 1. The summed E-state index contributed by atoms with van der Waals surface area (Å²) in [6.07, 6.45) is -0.116. The zero-order chi connectivity index (χ0) is 20.0. The number of halogens is 1. The molecule has 2 unspecified atom stereocenters. The van der Waals surface area contributed by atoms with E-state index in [1.54, 1.807) is 0 Å². The highest BCUT2D eigenvalue weighted by Crippen LogP contribution is 2.30. The molecule has 0 bridgehead atoms. The quantitative estimate of drug-likeness (QED) is 0.863. The van der Waals surface area contributed by atoms with Crippen molar-refractivity contribution in [2.75, 3.05) is 24.6 Å². The van der Waals surface area contributed by atoms with Crippen LogP contribution >= 0.6 is 0 Å². The molecule has 1 saturated heterocycles. The first kappa shape index (κ1) is 18.4. The monoisotopic (exact) mass is 397 g/mol. The van der Waals surface area contributed by atoms with Gasteiger partial charge in [-0.1, -0.05) is 6.07 Å². The highest BCUT2D eigenvalue weighted by atomic mass is 19.1. The van der Waals surface area contributed by atoms with Crippen LogP contribution in [-0.4, -0.2) is 42.9 Å². The number of fused-ring (bicyclic) bond motifs is 2. The van der Waals surface area contributed by atoms with Gasteiger partial charge in [-0.05, 0) is 48.2 Å². The van der Waals surface area contributed by atoms with Gasteiger partial charge in [0.1, 0.15) is 17.7 Å². The number of hydrogen-bond donors (Lipinski definition) is 1. The molecule has 1 amide bonds. The van der Waals surface area contributed by atoms with Gasteiger partial charge < -0.3 is 19.7 Å². The summed E-state index contributed by atoms with van der Waals surface area (Å²) in [4.78, 5) is 18.4. The third kappa shape index (κ3) is 3.44. The van der Waals surface area contributed by atoms with Crippen LogP contribution in [0.5, 0.6) is 5.75 Å². The number of anilines is 1. The minimum absolute atomic E-state index is 0.0897. The van der Waals surface area contributed by atoms with Crippen LogP contribution in [0.1, 0.15) is 39.2 Å². The summed E-state index contributed by atoms with van der Waals surface area (Å²) in [7, 11) is 0. The molecule has 0 radical (unpaired) electrons. The van der Waals surface area contributed by atoms with Gasteiger partial charge >= 0.3 is 0 Å². The fourth-order valence-corrected chi connectivity index (χ4v) is 4.35.